The topological polar surface area (TPSA) is 93.0 Å². The van der Waals surface area contributed by atoms with Crippen molar-refractivity contribution < 1.29 is 22.8 Å². The molecule has 0 fully saturated rings. The van der Waals surface area contributed by atoms with Gasteiger partial charge in [-0.2, -0.15) is 18.3 Å². The SMILES string of the molecule is Cc1c(C(=O)Nc2nnc(C(F)(F)F)s2)nn2c1C(=O)N(Cc1ccccc1Cl)CC2. The Hall–Kier alpha value is -2.99. The molecule has 0 atom stereocenters. The van der Waals surface area contributed by atoms with Crippen LogP contribution >= 0.6 is 22.9 Å². The summed E-state index contributed by atoms with van der Waals surface area (Å²) in [5, 5.41) is 11.9. The van der Waals surface area contributed by atoms with Gasteiger partial charge in [0.05, 0.1) is 6.54 Å². The van der Waals surface area contributed by atoms with E-state index in [-0.39, 0.29) is 33.8 Å². The van der Waals surface area contributed by atoms with Gasteiger partial charge in [0.15, 0.2) is 5.69 Å². The highest BCUT2D eigenvalue weighted by atomic mass is 35.5. The van der Waals surface area contributed by atoms with Gasteiger partial charge in [0, 0.05) is 23.7 Å². The molecule has 0 unspecified atom stereocenters. The number of aromatic nitrogens is 4. The molecule has 1 N–H and O–H groups in total. The molecule has 0 aliphatic carbocycles. The van der Waals surface area contributed by atoms with Crippen molar-refractivity contribution in [1.82, 2.24) is 24.9 Å². The van der Waals surface area contributed by atoms with Crippen molar-refractivity contribution in [2.24, 2.45) is 0 Å². The van der Waals surface area contributed by atoms with E-state index in [2.05, 4.69) is 20.6 Å². The Labute approximate surface area is 182 Å². The summed E-state index contributed by atoms with van der Waals surface area (Å²) in [6, 6.07) is 7.18. The maximum atomic E-state index is 13.0. The second-order valence-electron chi connectivity index (χ2n) is 6.73. The Balaban J connectivity index is 1.54. The van der Waals surface area contributed by atoms with E-state index in [9.17, 15) is 22.8 Å². The monoisotopic (exact) mass is 470 g/mol. The van der Waals surface area contributed by atoms with Crippen molar-refractivity contribution in [2.75, 3.05) is 11.9 Å². The molecule has 1 aliphatic heterocycles. The van der Waals surface area contributed by atoms with E-state index in [1.807, 2.05) is 12.1 Å². The summed E-state index contributed by atoms with van der Waals surface area (Å²) < 4.78 is 39.4. The highest BCUT2D eigenvalue weighted by molar-refractivity contribution is 7.15. The lowest BCUT2D eigenvalue weighted by Crippen LogP contribution is -2.40. The quantitative estimate of drug-likeness (QED) is 0.628. The van der Waals surface area contributed by atoms with E-state index in [0.29, 0.717) is 30.2 Å². The molecule has 2 aromatic heterocycles. The maximum Gasteiger partial charge on any atom is 0.445 e. The summed E-state index contributed by atoms with van der Waals surface area (Å²) in [4.78, 5) is 27.2. The fraction of sp³-hybridized carbons (Fsp3) is 0.278. The molecule has 2 amide bonds. The van der Waals surface area contributed by atoms with Gasteiger partial charge in [-0.15, -0.1) is 10.2 Å². The van der Waals surface area contributed by atoms with Crippen LogP contribution in [-0.2, 0) is 19.3 Å². The van der Waals surface area contributed by atoms with Gasteiger partial charge in [0.2, 0.25) is 10.1 Å². The number of halogens is 4. The zero-order chi connectivity index (χ0) is 22.3. The molecule has 0 saturated carbocycles. The minimum absolute atomic E-state index is 0.0632. The summed E-state index contributed by atoms with van der Waals surface area (Å²) in [5.74, 6) is -1.08. The highest BCUT2D eigenvalue weighted by Gasteiger charge is 2.36. The minimum atomic E-state index is -4.65. The molecule has 3 heterocycles. The second-order valence-corrected chi connectivity index (χ2v) is 8.11. The zero-order valence-corrected chi connectivity index (χ0v) is 17.5. The second kappa shape index (κ2) is 7.93. The van der Waals surface area contributed by atoms with E-state index in [1.165, 1.54) is 4.68 Å². The number of nitrogens with one attached hydrogen (secondary N) is 1. The minimum Gasteiger partial charge on any atom is -0.331 e. The third-order valence-electron chi connectivity index (χ3n) is 4.68. The number of hydrogen-bond acceptors (Lipinski definition) is 6. The summed E-state index contributed by atoms with van der Waals surface area (Å²) in [6.07, 6.45) is -4.65. The number of anilines is 1. The van der Waals surface area contributed by atoms with Crippen molar-refractivity contribution in [3.8, 4) is 0 Å². The maximum absolute atomic E-state index is 13.0. The largest absolute Gasteiger partial charge is 0.445 e. The van der Waals surface area contributed by atoms with Crippen LogP contribution in [0.5, 0.6) is 0 Å². The van der Waals surface area contributed by atoms with Gasteiger partial charge in [-0.05, 0) is 18.6 Å². The van der Waals surface area contributed by atoms with Gasteiger partial charge in [-0.1, -0.05) is 41.1 Å². The molecule has 0 radical (unpaired) electrons. The van der Waals surface area contributed by atoms with Crippen molar-refractivity contribution in [3.63, 3.8) is 0 Å². The van der Waals surface area contributed by atoms with E-state index in [0.717, 1.165) is 5.56 Å². The first-order valence-corrected chi connectivity index (χ1v) is 10.2. The van der Waals surface area contributed by atoms with Gasteiger partial charge in [0.25, 0.3) is 11.8 Å². The molecular formula is C18H14ClF3N6O2S. The lowest BCUT2D eigenvalue weighted by molar-refractivity contribution is -0.138. The predicted molar refractivity (Wildman–Crippen MR) is 106 cm³/mol. The van der Waals surface area contributed by atoms with Crippen LogP contribution < -0.4 is 5.32 Å². The number of hydrogen-bond donors (Lipinski definition) is 1. The lowest BCUT2D eigenvalue weighted by atomic mass is 10.1. The lowest BCUT2D eigenvalue weighted by Gasteiger charge is -2.28. The molecule has 8 nitrogen and oxygen atoms in total. The summed E-state index contributed by atoms with van der Waals surface area (Å²) in [6.45, 7) is 2.59. The Morgan fingerprint density at radius 2 is 2.00 bits per heavy atom. The highest BCUT2D eigenvalue weighted by Crippen LogP contribution is 2.33. The van der Waals surface area contributed by atoms with Crippen LogP contribution in [0.2, 0.25) is 5.02 Å². The third-order valence-corrected chi connectivity index (χ3v) is 5.94. The smallest absolute Gasteiger partial charge is 0.331 e. The van der Waals surface area contributed by atoms with Gasteiger partial charge >= 0.3 is 6.18 Å². The molecule has 0 spiro atoms. The van der Waals surface area contributed by atoms with Crippen LogP contribution in [0.15, 0.2) is 24.3 Å². The van der Waals surface area contributed by atoms with Crippen LogP contribution in [0.3, 0.4) is 0 Å². The molecule has 162 valence electrons. The number of alkyl halides is 3. The number of amides is 2. The van der Waals surface area contributed by atoms with Crippen molar-refractivity contribution in [3.05, 3.63) is 56.8 Å². The predicted octanol–water partition coefficient (Wildman–Crippen LogP) is 3.62. The Morgan fingerprint density at radius 1 is 1.26 bits per heavy atom. The van der Waals surface area contributed by atoms with Gasteiger partial charge in [0.1, 0.15) is 5.69 Å². The summed E-state index contributed by atoms with van der Waals surface area (Å²) in [5.41, 5.74) is 1.30. The van der Waals surface area contributed by atoms with E-state index >= 15 is 0 Å². The molecule has 3 aromatic rings. The first-order valence-electron chi connectivity index (χ1n) is 8.97. The van der Waals surface area contributed by atoms with Gasteiger partial charge in [-0.25, -0.2) is 0 Å². The molecule has 13 heteroatoms. The molecule has 4 rings (SSSR count). The Kier molecular flexibility index (Phi) is 5.43. The average Bonchev–Trinajstić information content (AvgIpc) is 3.30. The molecule has 1 aromatic carbocycles. The number of benzene rings is 1. The first-order chi connectivity index (χ1) is 14.6. The van der Waals surface area contributed by atoms with Crippen molar-refractivity contribution in [2.45, 2.75) is 26.2 Å². The molecule has 1 aliphatic rings. The molecular weight excluding hydrogens is 457 g/mol. The Bertz CT molecular complexity index is 1180. The average molecular weight is 471 g/mol. The Morgan fingerprint density at radius 3 is 2.68 bits per heavy atom. The molecule has 0 saturated heterocycles. The normalized spacial score (nSPS) is 14.0. The summed E-state index contributed by atoms with van der Waals surface area (Å²) in [7, 11) is 0. The van der Waals surface area contributed by atoms with Crippen molar-refractivity contribution >= 4 is 39.9 Å². The number of carbonyl (C=O) groups is 2. The first kappa shape index (κ1) is 21.2. The number of carbonyl (C=O) groups excluding carboxylic acids is 2. The van der Waals surface area contributed by atoms with Crippen LogP contribution in [0.1, 0.15) is 37.1 Å². The fourth-order valence-corrected chi connectivity index (χ4v) is 4.00. The van der Waals surface area contributed by atoms with E-state index in [4.69, 9.17) is 11.6 Å². The molecule has 31 heavy (non-hydrogen) atoms. The van der Waals surface area contributed by atoms with Gasteiger partial charge in [-0.3, -0.25) is 19.6 Å². The summed E-state index contributed by atoms with van der Waals surface area (Å²) >= 11 is 6.39. The third kappa shape index (κ3) is 4.12. The van der Waals surface area contributed by atoms with Crippen molar-refractivity contribution in [1.29, 1.82) is 0 Å². The van der Waals surface area contributed by atoms with E-state index in [1.54, 1.807) is 24.0 Å². The number of nitrogens with zero attached hydrogens (tertiary/aromatic N) is 5. The zero-order valence-electron chi connectivity index (χ0n) is 15.9. The number of fused-ring (bicyclic) bond motifs is 1. The van der Waals surface area contributed by atoms with Crippen LogP contribution in [0.25, 0.3) is 0 Å². The standard InChI is InChI=1S/C18H14ClF3N6O2S/c1-9-12(14(29)23-17-25-24-16(31-17)18(20,21)22)26-28-7-6-27(15(30)13(9)28)8-10-4-2-3-5-11(10)19/h2-5H,6-8H2,1H3,(H,23,25,29). The van der Waals surface area contributed by atoms with Gasteiger partial charge < -0.3 is 4.90 Å². The van der Waals surface area contributed by atoms with Crippen LogP contribution in [0.4, 0.5) is 18.3 Å². The molecule has 0 bridgehead atoms. The van der Waals surface area contributed by atoms with Crippen LogP contribution in [-0.4, -0.2) is 43.2 Å². The fourth-order valence-electron chi connectivity index (χ4n) is 3.19. The number of rotatable bonds is 4. The van der Waals surface area contributed by atoms with E-state index < -0.39 is 17.1 Å². The van der Waals surface area contributed by atoms with Crippen LogP contribution in [0, 0.1) is 6.92 Å².